The molecule has 2 nitrogen and oxygen atoms in total. The second-order valence-electron chi connectivity index (χ2n) is 2.62. The smallest absolute Gasteiger partial charge is 0.0593 e. The van der Waals surface area contributed by atoms with Gasteiger partial charge in [0.2, 0.25) is 0 Å². The number of hydrogen-bond donors (Lipinski definition) is 0. The number of rotatable bonds is 4. The fourth-order valence-electron chi connectivity index (χ4n) is 0.956. The topological polar surface area (TPSA) is 17.8 Å². The van der Waals surface area contributed by atoms with Crippen molar-refractivity contribution in [3.8, 4) is 0 Å². The highest BCUT2D eigenvalue weighted by Gasteiger charge is 1.92. The summed E-state index contributed by atoms with van der Waals surface area (Å²) in [6.45, 7) is 3.06. The van der Waals surface area contributed by atoms with Gasteiger partial charge >= 0.3 is 0 Å². The lowest BCUT2D eigenvalue weighted by atomic mass is 10.3. The molecule has 0 aliphatic heterocycles. The minimum absolute atomic E-state index is 1.04. The third-order valence-electron chi connectivity index (χ3n) is 1.54. The lowest BCUT2D eigenvalue weighted by Gasteiger charge is -1.98. The van der Waals surface area contributed by atoms with Crippen molar-refractivity contribution >= 4 is 15.9 Å². The van der Waals surface area contributed by atoms with E-state index in [0.29, 0.717) is 0 Å². The molecule has 0 saturated carbocycles. The van der Waals surface area contributed by atoms with E-state index in [2.05, 4.69) is 21.0 Å². The first-order chi connectivity index (χ1) is 5.33. The molecule has 0 amide bonds. The molecule has 1 rings (SSSR count). The van der Waals surface area contributed by atoms with Gasteiger partial charge in [0.1, 0.15) is 0 Å². The van der Waals surface area contributed by atoms with Crippen LogP contribution in [0.4, 0.5) is 0 Å². The number of unbranched alkanes of at least 4 members (excludes halogenated alkanes) is 1. The van der Waals surface area contributed by atoms with Crippen molar-refractivity contribution in [2.45, 2.75) is 26.3 Å². The quantitative estimate of drug-likeness (QED) is 0.559. The molecule has 0 atom stereocenters. The molecule has 0 aromatic carbocycles. The standard InChI is InChI=1S/C8H13BrN2/c1-8-4-7-11(10-8)6-3-2-5-9/h4,7H,2-3,5-6H2,1H3. The molecule has 0 aliphatic rings. The maximum atomic E-state index is 4.28. The Bertz CT molecular complexity index is 208. The lowest BCUT2D eigenvalue weighted by molar-refractivity contribution is 0.571. The first-order valence-corrected chi connectivity index (χ1v) is 5.01. The predicted octanol–water partition coefficient (Wildman–Crippen LogP) is 2.37. The summed E-state index contributed by atoms with van der Waals surface area (Å²) >= 11 is 3.40. The summed E-state index contributed by atoms with van der Waals surface area (Å²) in [5.41, 5.74) is 1.10. The summed E-state index contributed by atoms with van der Waals surface area (Å²) in [7, 11) is 0. The molecule has 0 bridgehead atoms. The van der Waals surface area contributed by atoms with Gasteiger partial charge < -0.3 is 0 Å². The van der Waals surface area contributed by atoms with Crippen LogP contribution in [0.25, 0.3) is 0 Å². The second kappa shape index (κ2) is 4.54. The number of aromatic nitrogens is 2. The summed E-state index contributed by atoms with van der Waals surface area (Å²) < 4.78 is 2.00. The zero-order valence-electron chi connectivity index (χ0n) is 6.76. The Morgan fingerprint density at radius 1 is 1.55 bits per heavy atom. The third kappa shape index (κ3) is 3.06. The second-order valence-corrected chi connectivity index (χ2v) is 3.41. The SMILES string of the molecule is Cc1ccn(CCCCBr)n1. The summed E-state index contributed by atoms with van der Waals surface area (Å²) in [6.07, 6.45) is 4.45. The maximum absolute atomic E-state index is 4.28. The van der Waals surface area contributed by atoms with Gasteiger partial charge in [0.25, 0.3) is 0 Å². The number of nitrogens with zero attached hydrogens (tertiary/aromatic N) is 2. The molecule has 1 heterocycles. The van der Waals surface area contributed by atoms with Gasteiger partial charge in [0.05, 0.1) is 5.69 Å². The Morgan fingerprint density at radius 2 is 2.36 bits per heavy atom. The number of alkyl halides is 1. The molecule has 0 spiro atoms. The normalized spacial score (nSPS) is 10.4. The average molecular weight is 217 g/mol. The zero-order valence-corrected chi connectivity index (χ0v) is 8.34. The van der Waals surface area contributed by atoms with Crippen molar-refractivity contribution in [1.82, 2.24) is 9.78 Å². The van der Waals surface area contributed by atoms with Crippen LogP contribution >= 0.6 is 15.9 Å². The van der Waals surface area contributed by atoms with Gasteiger partial charge in [0.15, 0.2) is 0 Å². The van der Waals surface area contributed by atoms with Crippen LogP contribution in [-0.4, -0.2) is 15.1 Å². The average Bonchev–Trinajstić information content (AvgIpc) is 2.37. The first kappa shape index (κ1) is 8.78. The highest BCUT2D eigenvalue weighted by Crippen LogP contribution is 1.98. The van der Waals surface area contributed by atoms with Gasteiger partial charge in [-0.05, 0) is 25.8 Å². The van der Waals surface area contributed by atoms with Crippen molar-refractivity contribution < 1.29 is 0 Å². The van der Waals surface area contributed by atoms with Crippen molar-refractivity contribution in [2.24, 2.45) is 0 Å². The number of halogens is 1. The molecule has 0 unspecified atom stereocenters. The third-order valence-corrected chi connectivity index (χ3v) is 2.11. The Morgan fingerprint density at radius 3 is 2.91 bits per heavy atom. The van der Waals surface area contributed by atoms with E-state index in [1.807, 2.05) is 23.9 Å². The van der Waals surface area contributed by atoms with Crippen molar-refractivity contribution in [3.05, 3.63) is 18.0 Å². The largest absolute Gasteiger partial charge is 0.273 e. The highest BCUT2D eigenvalue weighted by atomic mass is 79.9. The Hall–Kier alpha value is -0.310. The molecule has 3 heteroatoms. The minimum atomic E-state index is 1.04. The van der Waals surface area contributed by atoms with Gasteiger partial charge in [-0.2, -0.15) is 5.10 Å². The molecular weight excluding hydrogens is 204 g/mol. The van der Waals surface area contributed by atoms with E-state index in [1.165, 1.54) is 12.8 Å². The molecule has 0 radical (unpaired) electrons. The van der Waals surface area contributed by atoms with Gasteiger partial charge in [-0.25, -0.2) is 0 Å². The van der Waals surface area contributed by atoms with Crippen LogP contribution < -0.4 is 0 Å². The van der Waals surface area contributed by atoms with E-state index in [-0.39, 0.29) is 0 Å². The number of aryl methyl sites for hydroxylation is 2. The van der Waals surface area contributed by atoms with Gasteiger partial charge in [0, 0.05) is 18.1 Å². The molecule has 1 aromatic rings. The summed E-state index contributed by atoms with van der Waals surface area (Å²) in [6, 6.07) is 2.04. The molecule has 0 aliphatic carbocycles. The van der Waals surface area contributed by atoms with Crippen molar-refractivity contribution in [3.63, 3.8) is 0 Å². The van der Waals surface area contributed by atoms with Crippen LogP contribution in [-0.2, 0) is 6.54 Å². The molecule has 1 aromatic heterocycles. The van der Waals surface area contributed by atoms with Crippen molar-refractivity contribution in [2.75, 3.05) is 5.33 Å². The minimum Gasteiger partial charge on any atom is -0.273 e. The first-order valence-electron chi connectivity index (χ1n) is 3.89. The fourth-order valence-corrected chi connectivity index (χ4v) is 1.35. The van der Waals surface area contributed by atoms with Crippen LogP contribution in [0.3, 0.4) is 0 Å². The van der Waals surface area contributed by atoms with E-state index in [4.69, 9.17) is 0 Å². The van der Waals surface area contributed by atoms with E-state index in [1.54, 1.807) is 0 Å². The number of hydrogen-bond acceptors (Lipinski definition) is 1. The molecule has 0 N–H and O–H groups in total. The molecular formula is C8H13BrN2. The van der Waals surface area contributed by atoms with Crippen LogP contribution in [0.5, 0.6) is 0 Å². The Balaban J connectivity index is 2.27. The van der Waals surface area contributed by atoms with Gasteiger partial charge in [-0.15, -0.1) is 0 Å². The van der Waals surface area contributed by atoms with Crippen LogP contribution in [0.1, 0.15) is 18.5 Å². The van der Waals surface area contributed by atoms with E-state index < -0.39 is 0 Å². The van der Waals surface area contributed by atoms with E-state index in [9.17, 15) is 0 Å². The molecule has 62 valence electrons. The molecule has 0 fully saturated rings. The van der Waals surface area contributed by atoms with Gasteiger partial charge in [-0.1, -0.05) is 15.9 Å². The lowest BCUT2D eigenvalue weighted by Crippen LogP contribution is -1.98. The molecule has 11 heavy (non-hydrogen) atoms. The summed E-state index contributed by atoms with van der Waals surface area (Å²) in [4.78, 5) is 0. The maximum Gasteiger partial charge on any atom is 0.0593 e. The van der Waals surface area contributed by atoms with Gasteiger partial charge in [-0.3, -0.25) is 4.68 Å². The van der Waals surface area contributed by atoms with Crippen LogP contribution in [0.15, 0.2) is 12.3 Å². The van der Waals surface area contributed by atoms with E-state index in [0.717, 1.165) is 17.6 Å². The van der Waals surface area contributed by atoms with Crippen LogP contribution in [0, 0.1) is 6.92 Å². The van der Waals surface area contributed by atoms with E-state index >= 15 is 0 Å². The zero-order chi connectivity index (χ0) is 8.10. The monoisotopic (exact) mass is 216 g/mol. The Labute approximate surface area is 75.7 Å². The van der Waals surface area contributed by atoms with Crippen molar-refractivity contribution in [1.29, 1.82) is 0 Å². The Kier molecular flexibility index (Phi) is 3.63. The highest BCUT2D eigenvalue weighted by molar-refractivity contribution is 9.09. The summed E-state index contributed by atoms with van der Waals surface area (Å²) in [5, 5.41) is 5.37. The predicted molar refractivity (Wildman–Crippen MR) is 50.0 cm³/mol. The molecule has 0 saturated heterocycles. The summed E-state index contributed by atoms with van der Waals surface area (Å²) in [5.74, 6) is 0. The fraction of sp³-hybridized carbons (Fsp3) is 0.625. The van der Waals surface area contributed by atoms with Crippen LogP contribution in [0.2, 0.25) is 0 Å².